The van der Waals surface area contributed by atoms with Crippen molar-refractivity contribution in [3.8, 4) is 5.75 Å². The Morgan fingerprint density at radius 2 is 1.76 bits per heavy atom. The van der Waals surface area contributed by atoms with E-state index in [0.29, 0.717) is 42.9 Å². The molecule has 1 heterocycles. The van der Waals surface area contributed by atoms with Crippen LogP contribution < -0.4 is 10.1 Å². The minimum atomic E-state index is -0.155. The predicted octanol–water partition coefficient (Wildman–Crippen LogP) is 3.45. The zero-order valence-corrected chi connectivity index (χ0v) is 16.8. The van der Waals surface area contributed by atoms with Gasteiger partial charge in [0.05, 0.1) is 0 Å². The molecule has 152 valence electrons. The van der Waals surface area contributed by atoms with Gasteiger partial charge in [-0.2, -0.15) is 0 Å². The summed E-state index contributed by atoms with van der Waals surface area (Å²) in [4.78, 5) is 38.1. The molecule has 6 heteroatoms. The third kappa shape index (κ3) is 5.67. The molecule has 3 rings (SSSR count). The number of aryl methyl sites for hydroxylation is 1. The van der Waals surface area contributed by atoms with Crippen LogP contribution in [0.2, 0.25) is 0 Å². The number of anilines is 1. The lowest BCUT2D eigenvalue weighted by Crippen LogP contribution is -2.43. The normalized spacial score (nSPS) is 14.3. The number of benzene rings is 2. The molecular weight excluding hydrogens is 368 g/mol. The summed E-state index contributed by atoms with van der Waals surface area (Å²) in [5.74, 6) is 0.331. The Kier molecular flexibility index (Phi) is 6.65. The Labute approximate surface area is 170 Å². The number of nitrogens with zero attached hydrogens (tertiary/aromatic N) is 1. The fourth-order valence-corrected chi connectivity index (χ4v) is 3.32. The summed E-state index contributed by atoms with van der Waals surface area (Å²) in [6.45, 7) is 4.55. The minimum Gasteiger partial charge on any atom is -0.484 e. The molecule has 1 saturated heterocycles. The van der Waals surface area contributed by atoms with Gasteiger partial charge >= 0.3 is 0 Å². The molecule has 0 unspecified atom stereocenters. The highest BCUT2D eigenvalue weighted by molar-refractivity contribution is 5.97. The van der Waals surface area contributed by atoms with Crippen LogP contribution in [0.4, 0.5) is 5.69 Å². The molecule has 0 aromatic heterocycles. The van der Waals surface area contributed by atoms with Crippen molar-refractivity contribution in [1.82, 2.24) is 4.90 Å². The van der Waals surface area contributed by atoms with E-state index in [1.807, 2.05) is 31.2 Å². The summed E-state index contributed by atoms with van der Waals surface area (Å²) in [5, 5.41) is 2.88. The summed E-state index contributed by atoms with van der Waals surface area (Å²) < 4.78 is 5.56. The van der Waals surface area contributed by atoms with Crippen molar-refractivity contribution >= 4 is 23.3 Å². The van der Waals surface area contributed by atoms with Gasteiger partial charge in [-0.1, -0.05) is 29.8 Å². The molecule has 6 nitrogen and oxygen atoms in total. The molecule has 2 amide bonds. The number of rotatable bonds is 6. The zero-order chi connectivity index (χ0) is 20.8. The highest BCUT2D eigenvalue weighted by Crippen LogP contribution is 2.21. The van der Waals surface area contributed by atoms with Gasteiger partial charge in [-0.25, -0.2) is 0 Å². The van der Waals surface area contributed by atoms with Crippen LogP contribution >= 0.6 is 0 Å². The van der Waals surface area contributed by atoms with E-state index >= 15 is 0 Å². The first-order chi connectivity index (χ1) is 13.9. The van der Waals surface area contributed by atoms with Gasteiger partial charge in [0, 0.05) is 30.3 Å². The Morgan fingerprint density at radius 1 is 1.07 bits per heavy atom. The van der Waals surface area contributed by atoms with E-state index < -0.39 is 0 Å². The number of ether oxygens (including phenoxy) is 1. The van der Waals surface area contributed by atoms with Crippen LogP contribution in [0.25, 0.3) is 0 Å². The topological polar surface area (TPSA) is 75.7 Å². The van der Waals surface area contributed by atoms with E-state index in [0.717, 1.165) is 5.56 Å². The largest absolute Gasteiger partial charge is 0.484 e. The predicted molar refractivity (Wildman–Crippen MR) is 111 cm³/mol. The number of carbonyl (C=O) groups excluding carboxylic acids is 3. The summed E-state index contributed by atoms with van der Waals surface area (Å²) in [6, 6.07) is 14.5. The highest BCUT2D eigenvalue weighted by Gasteiger charge is 2.27. The monoisotopic (exact) mass is 394 g/mol. The van der Waals surface area contributed by atoms with Gasteiger partial charge in [-0.3, -0.25) is 14.4 Å². The van der Waals surface area contributed by atoms with E-state index in [-0.39, 0.29) is 30.1 Å². The summed E-state index contributed by atoms with van der Waals surface area (Å²) in [5.41, 5.74) is 2.32. The third-order valence-corrected chi connectivity index (χ3v) is 5.14. The molecular formula is C23H26N2O4. The SMILES string of the molecule is CC(=O)c1cccc(NC(=O)C2CCN(C(=O)COc3ccc(C)cc3)CC2)c1. The number of hydrogen-bond acceptors (Lipinski definition) is 4. The first-order valence-electron chi connectivity index (χ1n) is 9.81. The fourth-order valence-electron chi connectivity index (χ4n) is 3.32. The number of ketones is 1. The zero-order valence-electron chi connectivity index (χ0n) is 16.8. The smallest absolute Gasteiger partial charge is 0.260 e. The van der Waals surface area contributed by atoms with Gasteiger partial charge in [0.15, 0.2) is 12.4 Å². The Bertz CT molecular complexity index is 884. The van der Waals surface area contributed by atoms with E-state index in [1.54, 1.807) is 29.2 Å². The number of Topliss-reactive ketones (excluding diaryl/α,β-unsaturated/α-hetero) is 1. The second-order valence-electron chi connectivity index (χ2n) is 7.38. The van der Waals surface area contributed by atoms with Crippen molar-refractivity contribution in [2.24, 2.45) is 5.92 Å². The lowest BCUT2D eigenvalue weighted by Gasteiger charge is -2.31. The molecule has 2 aromatic carbocycles. The first kappa shape index (κ1) is 20.6. The van der Waals surface area contributed by atoms with Gasteiger partial charge in [0.2, 0.25) is 5.91 Å². The lowest BCUT2D eigenvalue weighted by atomic mass is 9.95. The average Bonchev–Trinajstić information content (AvgIpc) is 2.73. The Hall–Kier alpha value is -3.15. The molecule has 0 radical (unpaired) electrons. The lowest BCUT2D eigenvalue weighted by molar-refractivity contribution is -0.136. The minimum absolute atomic E-state index is 0.00222. The van der Waals surface area contributed by atoms with Crippen molar-refractivity contribution < 1.29 is 19.1 Å². The van der Waals surface area contributed by atoms with Crippen LogP contribution in [0.1, 0.15) is 35.7 Å². The molecule has 1 aliphatic rings. The van der Waals surface area contributed by atoms with Crippen molar-refractivity contribution in [3.05, 3.63) is 59.7 Å². The quantitative estimate of drug-likeness (QED) is 0.762. The second kappa shape index (κ2) is 9.37. The molecule has 0 atom stereocenters. The number of carbonyl (C=O) groups is 3. The second-order valence-corrected chi connectivity index (χ2v) is 7.38. The van der Waals surface area contributed by atoms with Crippen LogP contribution in [-0.4, -0.2) is 42.2 Å². The Morgan fingerprint density at radius 3 is 2.41 bits per heavy atom. The molecule has 29 heavy (non-hydrogen) atoms. The standard InChI is InChI=1S/C23H26N2O4/c1-16-6-8-21(9-7-16)29-15-22(27)25-12-10-18(11-13-25)23(28)24-20-5-3-4-19(14-20)17(2)26/h3-9,14,18H,10-13,15H2,1-2H3,(H,24,28). The van der Waals surface area contributed by atoms with E-state index in [2.05, 4.69) is 5.32 Å². The van der Waals surface area contributed by atoms with Crippen LogP contribution in [0.5, 0.6) is 5.75 Å². The third-order valence-electron chi connectivity index (χ3n) is 5.14. The molecule has 0 spiro atoms. The van der Waals surface area contributed by atoms with Crippen LogP contribution in [0, 0.1) is 12.8 Å². The number of hydrogen-bond donors (Lipinski definition) is 1. The van der Waals surface area contributed by atoms with Crippen LogP contribution in [0.15, 0.2) is 48.5 Å². The summed E-state index contributed by atoms with van der Waals surface area (Å²) in [7, 11) is 0. The maximum absolute atomic E-state index is 12.5. The van der Waals surface area contributed by atoms with Gasteiger partial charge in [0.1, 0.15) is 5.75 Å². The molecule has 2 aromatic rings. The van der Waals surface area contributed by atoms with Gasteiger partial charge in [0.25, 0.3) is 5.91 Å². The van der Waals surface area contributed by atoms with Gasteiger partial charge in [-0.05, 0) is 51.0 Å². The molecule has 1 aliphatic heterocycles. The molecule has 0 bridgehead atoms. The van der Waals surface area contributed by atoms with Crippen molar-refractivity contribution in [2.45, 2.75) is 26.7 Å². The molecule has 1 N–H and O–H groups in total. The number of nitrogens with one attached hydrogen (secondary N) is 1. The summed E-state index contributed by atoms with van der Waals surface area (Å²) in [6.07, 6.45) is 1.21. The maximum Gasteiger partial charge on any atom is 0.260 e. The number of amides is 2. The van der Waals surface area contributed by atoms with Crippen LogP contribution in [-0.2, 0) is 9.59 Å². The molecule has 0 saturated carbocycles. The first-order valence-corrected chi connectivity index (χ1v) is 9.81. The van der Waals surface area contributed by atoms with E-state index in [4.69, 9.17) is 4.74 Å². The van der Waals surface area contributed by atoms with Gasteiger partial charge in [-0.15, -0.1) is 0 Å². The van der Waals surface area contributed by atoms with Crippen molar-refractivity contribution in [1.29, 1.82) is 0 Å². The summed E-state index contributed by atoms with van der Waals surface area (Å²) >= 11 is 0. The maximum atomic E-state index is 12.5. The van der Waals surface area contributed by atoms with E-state index in [1.165, 1.54) is 6.92 Å². The fraction of sp³-hybridized carbons (Fsp3) is 0.348. The average molecular weight is 394 g/mol. The molecule has 1 fully saturated rings. The van der Waals surface area contributed by atoms with Crippen molar-refractivity contribution in [3.63, 3.8) is 0 Å². The number of likely N-dealkylation sites (tertiary alicyclic amines) is 1. The van der Waals surface area contributed by atoms with Crippen molar-refractivity contribution in [2.75, 3.05) is 25.0 Å². The Balaban J connectivity index is 1.46. The van der Waals surface area contributed by atoms with Crippen LogP contribution in [0.3, 0.4) is 0 Å². The number of piperidine rings is 1. The van der Waals surface area contributed by atoms with E-state index in [9.17, 15) is 14.4 Å². The molecule has 0 aliphatic carbocycles. The van der Waals surface area contributed by atoms with Gasteiger partial charge < -0.3 is 15.0 Å². The highest BCUT2D eigenvalue weighted by atomic mass is 16.5.